The molecular weight excluding hydrogens is 294 g/mol. The van der Waals surface area contributed by atoms with Crippen LogP contribution < -0.4 is 5.32 Å². The third-order valence-corrected chi connectivity index (χ3v) is 3.46. The van der Waals surface area contributed by atoms with Crippen LogP contribution >= 0.6 is 0 Å². The summed E-state index contributed by atoms with van der Waals surface area (Å²) in [4.78, 5) is 22.9. The van der Waals surface area contributed by atoms with E-state index in [1.165, 1.54) is 6.26 Å². The van der Waals surface area contributed by atoms with E-state index in [2.05, 4.69) is 5.32 Å². The molecule has 0 aliphatic carbocycles. The van der Waals surface area contributed by atoms with Crippen LogP contribution in [0, 0.1) is 0 Å². The SMILES string of the molecule is COCc1cc(NC=O)c(C(=O)CS(C)=O)cc1COC. The topological polar surface area (TPSA) is 81.7 Å². The third-order valence-electron chi connectivity index (χ3n) is 2.79. The van der Waals surface area contributed by atoms with Crippen molar-refractivity contribution in [1.29, 1.82) is 0 Å². The summed E-state index contributed by atoms with van der Waals surface area (Å²) in [7, 11) is 1.86. The lowest BCUT2D eigenvalue weighted by atomic mass is 10.0. The quantitative estimate of drug-likeness (QED) is 0.545. The van der Waals surface area contributed by atoms with E-state index in [4.69, 9.17) is 9.47 Å². The van der Waals surface area contributed by atoms with Gasteiger partial charge in [0.15, 0.2) is 5.78 Å². The predicted molar refractivity (Wildman–Crippen MR) is 80.8 cm³/mol. The van der Waals surface area contributed by atoms with Crippen LogP contribution in [0.2, 0.25) is 0 Å². The van der Waals surface area contributed by atoms with Gasteiger partial charge in [-0.3, -0.25) is 13.8 Å². The molecule has 0 aliphatic rings. The normalized spacial score (nSPS) is 12.0. The number of carbonyl (C=O) groups excluding carboxylic acids is 2. The highest BCUT2D eigenvalue weighted by atomic mass is 32.2. The van der Waals surface area contributed by atoms with Gasteiger partial charge in [0.1, 0.15) is 0 Å². The molecule has 0 heterocycles. The summed E-state index contributed by atoms with van der Waals surface area (Å²) in [5, 5.41) is 2.50. The van der Waals surface area contributed by atoms with E-state index < -0.39 is 10.8 Å². The summed E-state index contributed by atoms with van der Waals surface area (Å²) in [5.41, 5.74) is 2.32. The Morgan fingerprint density at radius 1 is 1.24 bits per heavy atom. The Bertz CT molecular complexity index is 544. The fourth-order valence-corrected chi connectivity index (χ4v) is 2.47. The lowest BCUT2D eigenvalue weighted by Crippen LogP contribution is -2.14. The van der Waals surface area contributed by atoms with Crippen LogP contribution in [-0.4, -0.2) is 42.6 Å². The zero-order valence-corrected chi connectivity index (χ0v) is 13.1. The lowest BCUT2D eigenvalue weighted by molar-refractivity contribution is -0.105. The van der Waals surface area contributed by atoms with Gasteiger partial charge in [-0.05, 0) is 23.3 Å². The highest BCUT2D eigenvalue weighted by Crippen LogP contribution is 2.24. The molecule has 0 radical (unpaired) electrons. The van der Waals surface area contributed by atoms with Gasteiger partial charge in [0.05, 0.1) is 24.7 Å². The van der Waals surface area contributed by atoms with Gasteiger partial charge >= 0.3 is 0 Å². The minimum atomic E-state index is -1.25. The Balaban J connectivity index is 3.30. The molecule has 116 valence electrons. The second-order valence-corrected chi connectivity index (χ2v) is 5.87. The number of hydrogen-bond donors (Lipinski definition) is 1. The second kappa shape index (κ2) is 8.66. The average molecular weight is 313 g/mol. The molecule has 1 amide bonds. The van der Waals surface area contributed by atoms with E-state index in [1.54, 1.807) is 26.4 Å². The molecule has 0 aromatic heterocycles. The van der Waals surface area contributed by atoms with E-state index >= 15 is 0 Å². The molecule has 0 spiro atoms. The number of ether oxygens (including phenoxy) is 2. The molecule has 0 bridgehead atoms. The molecule has 1 N–H and O–H groups in total. The molecule has 0 aliphatic heterocycles. The number of hydrogen-bond acceptors (Lipinski definition) is 5. The van der Waals surface area contributed by atoms with Crippen LogP contribution in [0.4, 0.5) is 5.69 Å². The first-order chi connectivity index (χ1) is 10.0. The molecule has 0 saturated heterocycles. The van der Waals surface area contributed by atoms with Gasteiger partial charge in [-0.2, -0.15) is 0 Å². The first-order valence-electron chi connectivity index (χ1n) is 6.20. The Morgan fingerprint density at radius 2 is 1.81 bits per heavy atom. The van der Waals surface area contributed by atoms with E-state index in [0.29, 0.717) is 30.9 Å². The Hall–Kier alpha value is -1.57. The maximum atomic E-state index is 12.2. The smallest absolute Gasteiger partial charge is 0.211 e. The summed E-state index contributed by atoms with van der Waals surface area (Å²) in [6.07, 6.45) is 1.96. The lowest BCUT2D eigenvalue weighted by Gasteiger charge is -2.14. The summed E-state index contributed by atoms with van der Waals surface area (Å²) in [6, 6.07) is 3.33. The molecule has 21 heavy (non-hydrogen) atoms. The number of anilines is 1. The van der Waals surface area contributed by atoms with Crippen molar-refractivity contribution in [2.24, 2.45) is 0 Å². The summed E-state index contributed by atoms with van der Waals surface area (Å²) >= 11 is 0. The van der Waals surface area contributed by atoms with Crippen molar-refractivity contribution in [2.75, 3.05) is 31.5 Å². The number of rotatable bonds is 9. The fraction of sp³-hybridized carbons (Fsp3) is 0.429. The molecule has 1 atom stereocenters. The molecular formula is C14H19NO5S. The molecule has 0 saturated carbocycles. The monoisotopic (exact) mass is 313 g/mol. The number of ketones is 1. The van der Waals surface area contributed by atoms with Crippen LogP contribution in [-0.2, 0) is 38.3 Å². The number of benzene rings is 1. The number of carbonyl (C=O) groups is 2. The largest absolute Gasteiger partial charge is 0.380 e. The molecule has 1 unspecified atom stereocenters. The van der Waals surface area contributed by atoms with Crippen molar-refractivity contribution in [1.82, 2.24) is 0 Å². The first kappa shape index (κ1) is 17.5. The second-order valence-electron chi connectivity index (χ2n) is 4.44. The number of nitrogens with one attached hydrogen (secondary N) is 1. The highest BCUT2D eigenvalue weighted by molar-refractivity contribution is 7.85. The highest BCUT2D eigenvalue weighted by Gasteiger charge is 2.16. The molecule has 1 aromatic carbocycles. The molecule has 6 nitrogen and oxygen atoms in total. The van der Waals surface area contributed by atoms with Crippen LogP contribution in [0.15, 0.2) is 12.1 Å². The van der Waals surface area contributed by atoms with Gasteiger partial charge in [0.2, 0.25) is 6.41 Å². The van der Waals surface area contributed by atoms with Gasteiger partial charge in [-0.15, -0.1) is 0 Å². The van der Waals surface area contributed by atoms with Crippen molar-refractivity contribution >= 4 is 28.7 Å². The van der Waals surface area contributed by atoms with Crippen LogP contribution in [0.3, 0.4) is 0 Å². The van der Waals surface area contributed by atoms with E-state index in [1.807, 2.05) is 0 Å². The molecule has 7 heteroatoms. The summed E-state index contributed by atoms with van der Waals surface area (Å²) in [6.45, 7) is 0.649. The number of Topliss-reactive ketones (excluding diaryl/α,β-unsaturated/α-hetero) is 1. The van der Waals surface area contributed by atoms with Crippen molar-refractivity contribution in [2.45, 2.75) is 13.2 Å². The Labute approximate surface area is 126 Å². The van der Waals surface area contributed by atoms with E-state index in [9.17, 15) is 13.8 Å². The summed E-state index contributed by atoms with van der Waals surface area (Å²) < 4.78 is 21.5. The van der Waals surface area contributed by atoms with Gasteiger partial charge in [-0.1, -0.05) is 0 Å². The van der Waals surface area contributed by atoms with Gasteiger partial charge in [0, 0.05) is 36.8 Å². The van der Waals surface area contributed by atoms with Crippen molar-refractivity contribution in [3.8, 4) is 0 Å². The van der Waals surface area contributed by atoms with Crippen LogP contribution in [0.5, 0.6) is 0 Å². The third kappa shape index (κ3) is 5.04. The minimum Gasteiger partial charge on any atom is -0.380 e. The van der Waals surface area contributed by atoms with Gasteiger partial charge < -0.3 is 14.8 Å². The zero-order chi connectivity index (χ0) is 15.8. The Morgan fingerprint density at radius 3 is 2.29 bits per heavy atom. The van der Waals surface area contributed by atoms with Gasteiger partial charge in [-0.25, -0.2) is 0 Å². The van der Waals surface area contributed by atoms with E-state index in [-0.39, 0.29) is 11.5 Å². The zero-order valence-electron chi connectivity index (χ0n) is 12.3. The Kier molecular flexibility index (Phi) is 7.21. The minimum absolute atomic E-state index is 0.0937. The van der Waals surface area contributed by atoms with Crippen molar-refractivity contribution in [3.05, 3.63) is 28.8 Å². The van der Waals surface area contributed by atoms with Crippen LogP contribution in [0.1, 0.15) is 21.5 Å². The fourth-order valence-electron chi connectivity index (χ4n) is 1.95. The molecule has 1 aromatic rings. The average Bonchev–Trinajstić information content (AvgIpc) is 2.41. The standard InChI is InChI=1S/C14H19NO5S/c1-19-6-10-4-12(14(17)8-21(3)18)13(15-9-16)5-11(10)7-20-2/h4-5,9H,6-8H2,1-3H3,(H,15,16). The van der Waals surface area contributed by atoms with Crippen LogP contribution in [0.25, 0.3) is 0 Å². The first-order valence-corrected chi connectivity index (χ1v) is 7.93. The van der Waals surface area contributed by atoms with Gasteiger partial charge in [0.25, 0.3) is 0 Å². The molecule has 1 rings (SSSR count). The number of methoxy groups -OCH3 is 2. The summed E-state index contributed by atoms with van der Waals surface area (Å²) in [5.74, 6) is -0.384. The maximum Gasteiger partial charge on any atom is 0.211 e. The predicted octanol–water partition coefficient (Wildman–Crippen LogP) is 1.11. The van der Waals surface area contributed by atoms with Crippen molar-refractivity contribution < 1.29 is 23.3 Å². The maximum absolute atomic E-state index is 12.2. The van der Waals surface area contributed by atoms with E-state index in [0.717, 1.165) is 11.1 Å². The number of amides is 1. The molecule has 0 fully saturated rings. The van der Waals surface area contributed by atoms with Crippen molar-refractivity contribution in [3.63, 3.8) is 0 Å².